The summed E-state index contributed by atoms with van der Waals surface area (Å²) in [7, 11) is 0. The number of pyridine rings is 1. The van der Waals surface area contributed by atoms with Gasteiger partial charge in [-0.05, 0) is 25.5 Å². The summed E-state index contributed by atoms with van der Waals surface area (Å²) in [6, 6.07) is 2.03. The average Bonchev–Trinajstić information content (AvgIpc) is 2.95. The van der Waals surface area contributed by atoms with Crippen molar-refractivity contribution in [3.8, 4) is 0 Å². The molecule has 104 valence electrons. The highest BCUT2D eigenvalue weighted by Crippen LogP contribution is 2.18. The Hall–Kier alpha value is -1.88. The minimum atomic E-state index is 0.520. The van der Waals surface area contributed by atoms with Crippen molar-refractivity contribution in [1.82, 2.24) is 19.5 Å². The second kappa shape index (κ2) is 5.25. The SMILES string of the molecule is Cc1cnc2c(c1)nc(CCCl)n2Cc1ncc(C)o1. The van der Waals surface area contributed by atoms with Crippen LogP contribution in [0, 0.1) is 13.8 Å². The summed E-state index contributed by atoms with van der Waals surface area (Å²) in [6.07, 6.45) is 4.25. The number of alkyl halides is 1. The summed E-state index contributed by atoms with van der Waals surface area (Å²) in [5, 5.41) is 0. The van der Waals surface area contributed by atoms with Crippen molar-refractivity contribution in [2.75, 3.05) is 5.88 Å². The summed E-state index contributed by atoms with van der Waals surface area (Å²) < 4.78 is 7.56. The molecule has 3 aromatic rings. The maximum Gasteiger partial charge on any atom is 0.214 e. The lowest BCUT2D eigenvalue weighted by atomic mass is 10.3. The predicted molar refractivity (Wildman–Crippen MR) is 77.0 cm³/mol. The Morgan fingerprint density at radius 2 is 2.10 bits per heavy atom. The molecule has 5 nitrogen and oxygen atoms in total. The number of halogens is 1. The molecule has 0 aliphatic heterocycles. The van der Waals surface area contributed by atoms with Crippen molar-refractivity contribution < 1.29 is 4.42 Å². The normalized spacial score (nSPS) is 11.3. The highest BCUT2D eigenvalue weighted by Gasteiger charge is 2.14. The molecule has 0 radical (unpaired) electrons. The van der Waals surface area contributed by atoms with E-state index in [0.29, 0.717) is 24.7 Å². The van der Waals surface area contributed by atoms with Gasteiger partial charge in [-0.15, -0.1) is 11.6 Å². The van der Waals surface area contributed by atoms with Crippen LogP contribution in [0.25, 0.3) is 11.2 Å². The Labute approximate surface area is 121 Å². The van der Waals surface area contributed by atoms with Crippen molar-refractivity contribution in [3.63, 3.8) is 0 Å². The highest BCUT2D eigenvalue weighted by molar-refractivity contribution is 6.17. The van der Waals surface area contributed by atoms with E-state index in [1.165, 1.54) is 0 Å². The highest BCUT2D eigenvalue weighted by atomic mass is 35.5. The molecular formula is C14H15ClN4O. The van der Waals surface area contributed by atoms with Gasteiger partial charge in [-0.2, -0.15) is 0 Å². The molecule has 0 aliphatic rings. The molecular weight excluding hydrogens is 276 g/mol. The van der Waals surface area contributed by atoms with Gasteiger partial charge in [0.1, 0.15) is 23.6 Å². The first-order chi connectivity index (χ1) is 9.67. The molecule has 0 N–H and O–H groups in total. The third kappa shape index (κ3) is 2.41. The van der Waals surface area contributed by atoms with E-state index < -0.39 is 0 Å². The molecule has 0 aliphatic carbocycles. The zero-order valence-electron chi connectivity index (χ0n) is 11.4. The molecule has 0 saturated carbocycles. The first kappa shape index (κ1) is 13.1. The lowest BCUT2D eigenvalue weighted by molar-refractivity contribution is 0.456. The topological polar surface area (TPSA) is 56.7 Å². The van der Waals surface area contributed by atoms with Crippen molar-refractivity contribution in [3.05, 3.63) is 41.5 Å². The minimum absolute atomic E-state index is 0.520. The van der Waals surface area contributed by atoms with E-state index in [2.05, 4.69) is 15.0 Å². The monoisotopic (exact) mass is 290 g/mol. The second-order valence-corrected chi connectivity index (χ2v) is 5.15. The maximum absolute atomic E-state index is 5.86. The fraction of sp³-hybridized carbons (Fsp3) is 0.357. The number of hydrogen-bond donors (Lipinski definition) is 0. The lowest BCUT2D eigenvalue weighted by Crippen LogP contribution is -2.07. The van der Waals surface area contributed by atoms with E-state index in [-0.39, 0.29) is 0 Å². The van der Waals surface area contributed by atoms with Crippen LogP contribution in [0.15, 0.2) is 22.9 Å². The van der Waals surface area contributed by atoms with Crippen LogP contribution in [0.2, 0.25) is 0 Å². The second-order valence-electron chi connectivity index (χ2n) is 4.77. The van der Waals surface area contributed by atoms with Crippen molar-refractivity contribution in [2.24, 2.45) is 0 Å². The predicted octanol–water partition coefficient (Wildman–Crippen LogP) is 2.87. The van der Waals surface area contributed by atoms with E-state index in [1.54, 1.807) is 6.20 Å². The Morgan fingerprint density at radius 1 is 1.25 bits per heavy atom. The first-order valence-electron chi connectivity index (χ1n) is 6.46. The molecule has 0 spiro atoms. The molecule has 20 heavy (non-hydrogen) atoms. The van der Waals surface area contributed by atoms with Crippen molar-refractivity contribution in [2.45, 2.75) is 26.8 Å². The Bertz CT molecular complexity index is 747. The van der Waals surface area contributed by atoms with Gasteiger partial charge in [0.25, 0.3) is 0 Å². The Kier molecular flexibility index (Phi) is 3.44. The number of nitrogens with zero attached hydrogens (tertiary/aromatic N) is 4. The summed E-state index contributed by atoms with van der Waals surface area (Å²) in [5.74, 6) is 2.88. The zero-order chi connectivity index (χ0) is 14.1. The lowest BCUT2D eigenvalue weighted by Gasteiger charge is -2.05. The van der Waals surface area contributed by atoms with Gasteiger partial charge in [0.2, 0.25) is 5.89 Å². The summed E-state index contributed by atoms with van der Waals surface area (Å²) in [5.41, 5.74) is 2.81. The molecule has 3 heterocycles. The smallest absolute Gasteiger partial charge is 0.214 e. The number of hydrogen-bond acceptors (Lipinski definition) is 4. The van der Waals surface area contributed by atoms with Crippen LogP contribution in [0.5, 0.6) is 0 Å². The van der Waals surface area contributed by atoms with Crippen LogP contribution in [0.3, 0.4) is 0 Å². The summed E-state index contributed by atoms with van der Waals surface area (Å²) >= 11 is 5.86. The van der Waals surface area contributed by atoms with E-state index >= 15 is 0 Å². The van der Waals surface area contributed by atoms with E-state index in [4.69, 9.17) is 16.0 Å². The van der Waals surface area contributed by atoms with Gasteiger partial charge < -0.3 is 8.98 Å². The summed E-state index contributed by atoms with van der Waals surface area (Å²) in [4.78, 5) is 13.3. The van der Waals surface area contributed by atoms with Gasteiger partial charge in [-0.3, -0.25) is 0 Å². The fourth-order valence-electron chi connectivity index (χ4n) is 2.21. The number of fused-ring (bicyclic) bond motifs is 1. The van der Waals surface area contributed by atoms with E-state index in [9.17, 15) is 0 Å². The van der Waals surface area contributed by atoms with Crippen LogP contribution in [0.1, 0.15) is 23.0 Å². The molecule has 3 rings (SSSR count). The Balaban J connectivity index is 2.08. The van der Waals surface area contributed by atoms with Gasteiger partial charge >= 0.3 is 0 Å². The van der Waals surface area contributed by atoms with Crippen LogP contribution >= 0.6 is 11.6 Å². The first-order valence-corrected chi connectivity index (χ1v) is 7.00. The van der Waals surface area contributed by atoms with Crippen LogP contribution in [0.4, 0.5) is 0 Å². The summed E-state index contributed by atoms with van der Waals surface area (Å²) in [6.45, 7) is 4.40. The van der Waals surface area contributed by atoms with Crippen LogP contribution in [-0.4, -0.2) is 25.4 Å². The molecule has 0 unspecified atom stereocenters. The van der Waals surface area contributed by atoms with Crippen LogP contribution < -0.4 is 0 Å². The van der Waals surface area contributed by atoms with Gasteiger partial charge in [0, 0.05) is 18.5 Å². The largest absolute Gasteiger partial charge is 0.444 e. The molecule has 0 bridgehead atoms. The number of rotatable bonds is 4. The van der Waals surface area contributed by atoms with Gasteiger partial charge in [-0.1, -0.05) is 0 Å². The molecule has 0 aromatic carbocycles. The van der Waals surface area contributed by atoms with Gasteiger partial charge in [0.05, 0.1) is 6.20 Å². The number of oxazole rings is 1. The number of aryl methyl sites for hydroxylation is 3. The molecule has 0 fully saturated rings. The van der Waals surface area contributed by atoms with Gasteiger partial charge in [-0.25, -0.2) is 15.0 Å². The fourth-order valence-corrected chi connectivity index (χ4v) is 2.38. The van der Waals surface area contributed by atoms with Crippen LogP contribution in [-0.2, 0) is 13.0 Å². The average molecular weight is 291 g/mol. The quantitative estimate of drug-likeness (QED) is 0.693. The van der Waals surface area contributed by atoms with Crippen molar-refractivity contribution in [1.29, 1.82) is 0 Å². The van der Waals surface area contributed by atoms with Crippen molar-refractivity contribution >= 4 is 22.8 Å². The Morgan fingerprint density at radius 3 is 2.80 bits per heavy atom. The molecule has 0 saturated heterocycles. The standard InChI is InChI=1S/C14H15ClN4O/c1-9-5-11-14(17-6-9)19(12(18-11)3-4-15)8-13-16-7-10(2)20-13/h5-7H,3-4,8H2,1-2H3. The van der Waals surface area contributed by atoms with Gasteiger partial charge in [0.15, 0.2) is 5.65 Å². The van der Waals surface area contributed by atoms with E-state index in [0.717, 1.165) is 28.3 Å². The number of aromatic nitrogens is 4. The molecule has 0 amide bonds. The third-order valence-corrected chi connectivity index (χ3v) is 3.27. The van der Waals surface area contributed by atoms with E-state index in [1.807, 2.05) is 30.7 Å². The molecule has 3 aromatic heterocycles. The zero-order valence-corrected chi connectivity index (χ0v) is 12.2. The maximum atomic E-state index is 5.86. The molecule has 6 heteroatoms. The minimum Gasteiger partial charge on any atom is -0.444 e. The molecule has 0 atom stereocenters. The third-order valence-electron chi connectivity index (χ3n) is 3.08. The number of imidazole rings is 1.